The Balaban J connectivity index is 0.00000648. The average Bonchev–Trinajstić information content (AvgIpc) is 3.27. The van der Waals surface area contributed by atoms with E-state index >= 15 is 0 Å². The predicted octanol–water partition coefficient (Wildman–Crippen LogP) is 3.31. The second-order valence-corrected chi connectivity index (χ2v) is 10.4. The number of hydrogen-bond acceptors (Lipinski definition) is 9. The number of carbonyl (C=O) groups excluding carboxylic acids is 3. The van der Waals surface area contributed by atoms with Crippen LogP contribution in [0.15, 0.2) is 9.64 Å². The summed E-state index contributed by atoms with van der Waals surface area (Å²) in [5.41, 5.74) is -1.15. The molecule has 1 unspecified atom stereocenters. The number of carbonyl (C=O) groups is 3. The van der Waals surface area contributed by atoms with Crippen LogP contribution in [0.25, 0.3) is 0 Å². The Labute approximate surface area is 223 Å². The standard InChI is InChI=1S/C24H37N5O5S.ClH/c1-6-7-14-33-22(32)26-24(11-9-8-10-12-24)21(31)25-18(16-17(2)3)19(30)20-27-28-23(34-20)35-15-13-29(4)5;/h1,17-18H,7-16H2,2-5H3,(H,25,31)(H,26,32);1H. The molecule has 2 amide bonds. The maximum atomic E-state index is 13.5. The number of ketones is 1. The molecule has 1 aromatic heterocycles. The fourth-order valence-corrected chi connectivity index (χ4v) is 4.70. The van der Waals surface area contributed by atoms with E-state index in [0.29, 0.717) is 24.5 Å². The van der Waals surface area contributed by atoms with Gasteiger partial charge in [-0.25, -0.2) is 4.79 Å². The summed E-state index contributed by atoms with van der Waals surface area (Å²) in [6.45, 7) is 4.81. The third-order valence-corrected chi connectivity index (χ3v) is 6.47. The summed E-state index contributed by atoms with van der Waals surface area (Å²) in [4.78, 5) is 41.1. The van der Waals surface area contributed by atoms with Crippen LogP contribution in [-0.4, -0.2) is 77.5 Å². The number of alkyl carbamates (subject to hydrolysis) is 1. The molecule has 2 rings (SSSR count). The van der Waals surface area contributed by atoms with E-state index in [1.54, 1.807) is 0 Å². The first-order chi connectivity index (χ1) is 16.7. The Hall–Kier alpha value is -2.29. The summed E-state index contributed by atoms with van der Waals surface area (Å²) in [6.07, 6.45) is 8.62. The quantitative estimate of drug-likeness (QED) is 0.167. The minimum absolute atomic E-state index is 0. The lowest BCUT2D eigenvalue weighted by molar-refractivity contribution is -0.129. The maximum absolute atomic E-state index is 13.5. The van der Waals surface area contributed by atoms with Crippen LogP contribution in [0.1, 0.15) is 69.5 Å². The van der Waals surface area contributed by atoms with Gasteiger partial charge in [0.25, 0.3) is 11.1 Å². The van der Waals surface area contributed by atoms with Gasteiger partial charge in [0.2, 0.25) is 11.7 Å². The van der Waals surface area contributed by atoms with Crippen molar-refractivity contribution >= 4 is 42.0 Å². The maximum Gasteiger partial charge on any atom is 0.408 e. The number of nitrogens with zero attached hydrogens (tertiary/aromatic N) is 3. The summed E-state index contributed by atoms with van der Waals surface area (Å²) in [7, 11) is 3.93. The molecule has 1 heterocycles. The molecule has 2 N–H and O–H groups in total. The normalized spacial score (nSPS) is 15.5. The fourth-order valence-electron chi connectivity index (χ4n) is 3.83. The van der Waals surface area contributed by atoms with Crippen LogP contribution < -0.4 is 10.6 Å². The van der Waals surface area contributed by atoms with Crippen molar-refractivity contribution in [2.75, 3.05) is 33.0 Å². The Morgan fingerprint density at radius 2 is 1.92 bits per heavy atom. The van der Waals surface area contributed by atoms with Gasteiger partial charge in [0, 0.05) is 18.7 Å². The zero-order chi connectivity index (χ0) is 25.8. The highest BCUT2D eigenvalue weighted by Crippen LogP contribution is 2.29. The van der Waals surface area contributed by atoms with Crippen LogP contribution in [0.5, 0.6) is 0 Å². The second kappa shape index (κ2) is 15.7. The monoisotopic (exact) mass is 543 g/mol. The molecule has 202 valence electrons. The molecule has 36 heavy (non-hydrogen) atoms. The molecule has 1 saturated carbocycles. The number of rotatable bonds is 13. The van der Waals surface area contributed by atoms with Crippen molar-refractivity contribution in [1.29, 1.82) is 0 Å². The highest BCUT2D eigenvalue weighted by molar-refractivity contribution is 7.99. The molecule has 0 bridgehead atoms. The minimum Gasteiger partial charge on any atom is -0.449 e. The molecule has 0 aliphatic heterocycles. The van der Waals surface area contributed by atoms with Crippen LogP contribution in [0.4, 0.5) is 4.79 Å². The first-order valence-electron chi connectivity index (χ1n) is 12.0. The fraction of sp³-hybridized carbons (Fsp3) is 0.708. The second-order valence-electron chi connectivity index (χ2n) is 9.40. The molecule has 10 nitrogen and oxygen atoms in total. The zero-order valence-corrected chi connectivity index (χ0v) is 23.1. The van der Waals surface area contributed by atoms with Gasteiger partial charge in [-0.2, -0.15) is 0 Å². The van der Waals surface area contributed by atoms with Crippen LogP contribution in [-0.2, 0) is 9.53 Å². The molecule has 1 fully saturated rings. The van der Waals surface area contributed by atoms with E-state index in [1.807, 2.05) is 32.8 Å². The molecular formula is C24H38ClN5O5S. The lowest BCUT2D eigenvalue weighted by Crippen LogP contribution is -2.62. The number of thioether (sulfide) groups is 1. The molecular weight excluding hydrogens is 506 g/mol. The molecule has 0 spiro atoms. The van der Waals surface area contributed by atoms with E-state index in [4.69, 9.17) is 15.6 Å². The molecule has 12 heteroatoms. The third-order valence-electron chi connectivity index (χ3n) is 5.67. The van der Waals surface area contributed by atoms with Crippen molar-refractivity contribution in [1.82, 2.24) is 25.7 Å². The van der Waals surface area contributed by atoms with E-state index in [-0.39, 0.29) is 37.2 Å². The smallest absolute Gasteiger partial charge is 0.408 e. The average molecular weight is 544 g/mol. The molecule has 0 aromatic carbocycles. The summed E-state index contributed by atoms with van der Waals surface area (Å²) < 4.78 is 10.7. The van der Waals surface area contributed by atoms with Gasteiger partial charge in [-0.15, -0.1) is 34.9 Å². The van der Waals surface area contributed by atoms with E-state index in [1.165, 1.54) is 11.8 Å². The Morgan fingerprint density at radius 1 is 1.22 bits per heavy atom. The van der Waals surface area contributed by atoms with Gasteiger partial charge in [-0.05, 0) is 39.3 Å². The van der Waals surface area contributed by atoms with E-state index in [0.717, 1.165) is 31.6 Å². The van der Waals surface area contributed by atoms with Gasteiger partial charge < -0.3 is 24.7 Å². The molecule has 1 atom stereocenters. The van der Waals surface area contributed by atoms with E-state index < -0.39 is 29.4 Å². The number of hydrogen-bond donors (Lipinski definition) is 2. The van der Waals surface area contributed by atoms with E-state index in [9.17, 15) is 14.4 Å². The molecule has 0 radical (unpaired) electrons. The van der Waals surface area contributed by atoms with Crippen molar-refractivity contribution in [2.24, 2.45) is 5.92 Å². The van der Waals surface area contributed by atoms with Gasteiger partial charge >= 0.3 is 6.09 Å². The lowest BCUT2D eigenvalue weighted by atomic mass is 9.80. The van der Waals surface area contributed by atoms with Crippen LogP contribution in [0.3, 0.4) is 0 Å². The summed E-state index contributed by atoms with van der Waals surface area (Å²) in [6, 6.07) is -0.861. The van der Waals surface area contributed by atoms with E-state index in [2.05, 4.69) is 26.8 Å². The van der Waals surface area contributed by atoms with Crippen molar-refractivity contribution in [3.05, 3.63) is 5.89 Å². The van der Waals surface area contributed by atoms with Gasteiger partial charge in [0.15, 0.2) is 0 Å². The molecule has 1 aliphatic rings. The number of Topliss-reactive ketones (excluding diaryl/α,β-unsaturated/α-hetero) is 1. The number of amides is 2. The lowest BCUT2D eigenvalue weighted by Gasteiger charge is -2.37. The number of terminal acetylenes is 1. The van der Waals surface area contributed by atoms with Crippen molar-refractivity contribution in [2.45, 2.75) is 75.6 Å². The van der Waals surface area contributed by atoms with Crippen LogP contribution >= 0.6 is 24.2 Å². The summed E-state index contributed by atoms with van der Waals surface area (Å²) in [5, 5.41) is 13.8. The van der Waals surface area contributed by atoms with Gasteiger partial charge in [0.05, 0.1) is 6.04 Å². The zero-order valence-electron chi connectivity index (χ0n) is 21.5. The highest BCUT2D eigenvalue weighted by Gasteiger charge is 2.43. The van der Waals surface area contributed by atoms with Crippen molar-refractivity contribution < 1.29 is 23.5 Å². The number of nitrogens with one attached hydrogen (secondary N) is 2. The summed E-state index contributed by atoms with van der Waals surface area (Å²) >= 11 is 1.37. The van der Waals surface area contributed by atoms with Gasteiger partial charge in [-0.1, -0.05) is 44.9 Å². The minimum atomic E-state index is -1.15. The molecule has 0 saturated heterocycles. The van der Waals surface area contributed by atoms with Gasteiger partial charge in [0.1, 0.15) is 12.1 Å². The Bertz CT molecular complexity index is 896. The predicted molar refractivity (Wildman–Crippen MR) is 140 cm³/mol. The van der Waals surface area contributed by atoms with Crippen LogP contribution in [0.2, 0.25) is 0 Å². The molecule has 1 aromatic rings. The number of ether oxygens (including phenoxy) is 1. The largest absolute Gasteiger partial charge is 0.449 e. The third kappa shape index (κ3) is 9.99. The Morgan fingerprint density at radius 3 is 2.53 bits per heavy atom. The van der Waals surface area contributed by atoms with Crippen molar-refractivity contribution in [3.8, 4) is 12.3 Å². The van der Waals surface area contributed by atoms with Gasteiger partial charge in [-0.3, -0.25) is 9.59 Å². The number of halogens is 1. The van der Waals surface area contributed by atoms with Crippen molar-refractivity contribution in [3.63, 3.8) is 0 Å². The first kappa shape index (κ1) is 31.7. The number of aromatic nitrogens is 2. The summed E-state index contributed by atoms with van der Waals surface area (Å²) in [5.74, 6) is 2.26. The Kier molecular flexibility index (Phi) is 13.9. The highest BCUT2D eigenvalue weighted by atomic mass is 35.5. The van der Waals surface area contributed by atoms with Crippen LogP contribution in [0, 0.1) is 18.3 Å². The first-order valence-corrected chi connectivity index (χ1v) is 13.0. The molecule has 1 aliphatic carbocycles. The SMILES string of the molecule is C#CCCOC(=O)NC1(C(=O)NC(CC(C)C)C(=O)c2nnc(SCCN(C)C)o2)CCCCC1.Cl. The topological polar surface area (TPSA) is 127 Å².